The Labute approximate surface area is 554 Å². The van der Waals surface area contributed by atoms with Crippen molar-refractivity contribution in [1.82, 2.24) is 60.1 Å². The molecule has 6 aromatic carbocycles. The van der Waals surface area contributed by atoms with Gasteiger partial charge in [-0.3, -0.25) is 43.7 Å². The minimum atomic E-state index is -0.325. The molecule has 0 radical (unpaired) electrons. The second-order valence-corrected chi connectivity index (χ2v) is 22.6. The van der Waals surface area contributed by atoms with Gasteiger partial charge in [-0.15, -0.1) is 0 Å². The summed E-state index contributed by atoms with van der Waals surface area (Å²) in [5, 5.41) is 14.8. The highest BCUT2D eigenvalue weighted by molar-refractivity contribution is 6.05. The maximum absolute atomic E-state index is 12.8. The topological polar surface area (TPSA) is 253 Å². The first-order valence-corrected chi connectivity index (χ1v) is 30.9. The molecule has 21 nitrogen and oxygen atoms in total. The highest BCUT2D eigenvalue weighted by Gasteiger charge is 2.22. The number of piperazine rings is 1. The maximum Gasteiger partial charge on any atom is 0.276 e. The minimum absolute atomic E-state index is 0. The van der Waals surface area contributed by atoms with Crippen molar-refractivity contribution < 1.29 is 40.2 Å². The van der Waals surface area contributed by atoms with Crippen LogP contribution in [0.15, 0.2) is 182 Å². The number of benzene rings is 6. The molecule has 5 N–H and O–H groups in total. The van der Waals surface area contributed by atoms with Gasteiger partial charge < -0.3 is 46.2 Å². The number of hydrogen-bond donors (Lipinski definition) is 5. The summed E-state index contributed by atoms with van der Waals surface area (Å²) in [6.07, 6.45) is 7.34. The second kappa shape index (κ2) is 32.8. The third-order valence-corrected chi connectivity index (χ3v) is 15.4. The molecule has 93 heavy (non-hydrogen) atoms. The molecular formula is C72H93N15O6. The van der Waals surface area contributed by atoms with Crippen molar-refractivity contribution in [2.45, 2.75) is 33.6 Å². The van der Waals surface area contributed by atoms with Gasteiger partial charge in [-0.25, -0.2) is 15.0 Å². The monoisotopic (exact) mass is 1260 g/mol. The zero-order valence-corrected chi connectivity index (χ0v) is 53.2. The summed E-state index contributed by atoms with van der Waals surface area (Å²) in [5.41, 5.74) is 10.0. The quantitative estimate of drug-likeness (QED) is 0.0535. The number of nitrogens with one attached hydrogen (secondary N) is 5. The third-order valence-electron chi connectivity index (χ3n) is 15.4. The number of likely N-dealkylation sites (tertiary alicyclic amines) is 1. The van der Waals surface area contributed by atoms with Crippen molar-refractivity contribution in [3.8, 4) is 33.8 Å². The molecule has 5 heterocycles. The lowest BCUT2D eigenvalue weighted by molar-refractivity contribution is 0.0734. The van der Waals surface area contributed by atoms with Crippen LogP contribution in [0.1, 0.15) is 104 Å². The van der Waals surface area contributed by atoms with Crippen LogP contribution in [0.3, 0.4) is 0 Å². The summed E-state index contributed by atoms with van der Waals surface area (Å²) < 4.78 is 0. The molecule has 0 aliphatic carbocycles. The standard InChI is InChI=1S/C25H27N5O2.C24H27N5O2.C23H23N5O2.8H2/c1-18-23(25(32)28-21-10-3-2-4-11-21)29-22(17-27-18)19-8-7-9-20(16-19)24(31)26-12-15-30-13-5-6-14-30;1-17-22(23(30)26-20-11-6-5-7-12-20)27-21(16-25-17)18-9-8-10-19(15-18)24(31)29(4)14-13-28(2)3;1-16-21(22(29)26-19-8-3-2-4-9-19)27-20(15-25-16)17-6-5-7-18(14-17)23(30)28-12-10-24-11-13-28;;;;;;;;/h2-4,7-11,16-17H,5-6,12-15H2,1H3,(H,26,31)(H,28,32);5-12,15-16H,13-14H2,1-4H3,(H,26,30);2-9,14-15,24H,10-13H2,1H3,(H,26,29);8*1H. The summed E-state index contributed by atoms with van der Waals surface area (Å²) >= 11 is 0. The molecule has 0 atom stereocenters. The van der Waals surface area contributed by atoms with Crippen LogP contribution >= 0.6 is 0 Å². The fraction of sp³-hybridized carbons (Fsp3) is 0.250. The molecule has 21 heteroatoms. The van der Waals surface area contributed by atoms with E-state index < -0.39 is 0 Å². The van der Waals surface area contributed by atoms with E-state index >= 15 is 0 Å². The van der Waals surface area contributed by atoms with E-state index in [1.807, 2.05) is 157 Å². The summed E-state index contributed by atoms with van der Waals surface area (Å²) in [4.78, 5) is 111. The van der Waals surface area contributed by atoms with Crippen molar-refractivity contribution in [3.63, 3.8) is 0 Å². The zero-order valence-electron chi connectivity index (χ0n) is 53.2. The molecule has 0 unspecified atom stereocenters. The summed E-state index contributed by atoms with van der Waals surface area (Å²) in [6, 6.07) is 49.4. The average molecular weight is 1260 g/mol. The number of likely N-dealkylation sites (N-methyl/N-ethyl adjacent to an activating group) is 2. The normalized spacial score (nSPS) is 12.7. The van der Waals surface area contributed by atoms with Crippen molar-refractivity contribution in [1.29, 1.82) is 0 Å². The van der Waals surface area contributed by atoms with Crippen molar-refractivity contribution in [2.24, 2.45) is 0 Å². The van der Waals surface area contributed by atoms with Crippen LogP contribution in [-0.4, -0.2) is 172 Å². The Morgan fingerprint density at radius 1 is 0.473 bits per heavy atom. The van der Waals surface area contributed by atoms with E-state index in [-0.39, 0.29) is 63.9 Å². The fourth-order valence-electron chi connectivity index (χ4n) is 10.1. The molecule has 9 aromatic rings. The molecule has 2 fully saturated rings. The number of aryl methyl sites for hydroxylation is 3. The fourth-order valence-corrected chi connectivity index (χ4v) is 10.1. The molecular weight excluding hydrogens is 1170 g/mol. The third kappa shape index (κ3) is 18.9. The number of aromatic nitrogens is 6. The Morgan fingerprint density at radius 2 is 0.871 bits per heavy atom. The molecule has 0 spiro atoms. The lowest BCUT2D eigenvalue weighted by Crippen LogP contribution is -2.46. The molecule has 11 rings (SSSR count). The Kier molecular flexibility index (Phi) is 23.5. The predicted molar refractivity (Wildman–Crippen MR) is 379 cm³/mol. The highest BCUT2D eigenvalue weighted by atomic mass is 16.2. The SMILES string of the molecule is Cc1ncc(-c2cccc(C(=O)N(C)CCN(C)C)c2)nc1C(=O)Nc1ccccc1.Cc1ncc(-c2cccc(C(=O)N3CCNCC3)c2)nc1C(=O)Nc1ccccc1.Cc1ncc(-c2cccc(C(=O)NCCN3CCCC3)c2)nc1C(=O)Nc1ccccc1.[HH].[HH].[HH].[HH].[HH].[HH].[HH].[HH]. The van der Waals surface area contributed by atoms with E-state index in [1.165, 1.54) is 12.8 Å². The average Bonchev–Trinajstić information content (AvgIpc) is 1.09. The lowest BCUT2D eigenvalue weighted by atomic mass is 10.1. The van der Waals surface area contributed by atoms with Crippen LogP contribution in [0.2, 0.25) is 0 Å². The van der Waals surface area contributed by atoms with Gasteiger partial charge in [0.25, 0.3) is 35.4 Å². The number of carbonyl (C=O) groups excluding carboxylic acids is 6. The number of para-hydroxylation sites is 3. The number of anilines is 3. The van der Waals surface area contributed by atoms with Gasteiger partial charge in [-0.05, 0) is 134 Å². The second-order valence-electron chi connectivity index (χ2n) is 22.6. The van der Waals surface area contributed by atoms with Gasteiger partial charge in [0.15, 0.2) is 0 Å². The number of nitrogens with zero attached hydrogens (tertiary/aromatic N) is 10. The molecule has 2 aliphatic rings. The van der Waals surface area contributed by atoms with Gasteiger partial charge >= 0.3 is 0 Å². The van der Waals surface area contributed by atoms with Gasteiger partial charge in [0.1, 0.15) is 17.1 Å². The Bertz CT molecular complexity index is 4090. The summed E-state index contributed by atoms with van der Waals surface area (Å²) in [7, 11) is 5.73. The largest absolute Gasteiger partial charge is 0.351 e. The predicted octanol–water partition coefficient (Wildman–Crippen LogP) is 11.6. The minimum Gasteiger partial charge on any atom is -0.351 e. The Balaban J connectivity index is 0.000000729. The maximum atomic E-state index is 12.8. The van der Waals surface area contributed by atoms with Gasteiger partial charge in [0.05, 0.1) is 52.8 Å². The Morgan fingerprint density at radius 3 is 1.30 bits per heavy atom. The number of hydrogen-bond acceptors (Lipinski definition) is 15. The van der Waals surface area contributed by atoms with Gasteiger partial charge in [0.2, 0.25) is 0 Å². The molecule has 0 bridgehead atoms. The van der Waals surface area contributed by atoms with Crippen LogP contribution in [0.5, 0.6) is 0 Å². The number of amides is 6. The molecule has 6 amide bonds. The Hall–Kier alpha value is -10.7. The van der Waals surface area contributed by atoms with E-state index in [0.717, 1.165) is 56.0 Å². The van der Waals surface area contributed by atoms with Crippen LogP contribution in [0, 0.1) is 20.8 Å². The van der Waals surface area contributed by atoms with Crippen LogP contribution in [0.25, 0.3) is 33.8 Å². The highest BCUT2D eigenvalue weighted by Crippen LogP contribution is 2.24. The van der Waals surface area contributed by atoms with E-state index in [9.17, 15) is 28.8 Å². The lowest BCUT2D eigenvalue weighted by Gasteiger charge is -2.27. The van der Waals surface area contributed by atoms with Crippen molar-refractivity contribution >= 4 is 52.5 Å². The molecule has 2 saturated heterocycles. The van der Waals surface area contributed by atoms with Crippen LogP contribution < -0.4 is 26.6 Å². The van der Waals surface area contributed by atoms with Crippen molar-refractivity contribution in [3.05, 3.63) is 233 Å². The first kappa shape index (κ1) is 66.7. The smallest absolute Gasteiger partial charge is 0.276 e. The van der Waals surface area contributed by atoms with Gasteiger partial charge in [-0.1, -0.05) is 91.0 Å². The molecule has 2 aliphatic heterocycles. The van der Waals surface area contributed by atoms with Gasteiger partial charge in [-0.2, -0.15) is 0 Å². The number of rotatable bonds is 18. The number of carbonyl (C=O) groups is 6. The molecule has 0 saturated carbocycles. The van der Waals surface area contributed by atoms with Crippen LogP contribution in [0.4, 0.5) is 17.1 Å². The van der Waals surface area contributed by atoms with E-state index in [1.54, 1.807) is 81.6 Å². The molecule has 3 aromatic heterocycles. The summed E-state index contributed by atoms with van der Waals surface area (Å²) in [5.74, 6) is -1.15. The first-order valence-electron chi connectivity index (χ1n) is 30.9. The van der Waals surface area contributed by atoms with E-state index in [0.29, 0.717) is 94.1 Å². The van der Waals surface area contributed by atoms with Crippen molar-refractivity contribution in [2.75, 3.05) is 103 Å². The van der Waals surface area contributed by atoms with Crippen LogP contribution in [-0.2, 0) is 0 Å². The van der Waals surface area contributed by atoms with E-state index in [2.05, 4.69) is 61.4 Å². The van der Waals surface area contributed by atoms with Gasteiger partial charge in [0, 0.05) is 121 Å². The summed E-state index contributed by atoms with van der Waals surface area (Å²) in [6.45, 7) is 13.4. The van der Waals surface area contributed by atoms with E-state index in [4.69, 9.17) is 0 Å². The first-order chi connectivity index (χ1) is 45.1. The molecule has 492 valence electrons. The zero-order chi connectivity index (χ0) is 65.6.